The summed E-state index contributed by atoms with van der Waals surface area (Å²) >= 11 is 1.52. The molecule has 0 saturated heterocycles. The van der Waals surface area contributed by atoms with Crippen LogP contribution in [0.25, 0.3) is 0 Å². The molecule has 3 rings (SSSR count). The smallest absolute Gasteiger partial charge is 0.318 e. The standard InChI is InChI=1S/C17H20FN3OS/c1-11-6-7-12-13(4-3-5-14(12)18)16(11)20-17(22)21(2)10-15-19-8-9-23-15/h3-5,8-9,11,16H,6-7,10H2,1-2H3,(H,20,22). The molecule has 2 aromatic rings. The van der Waals surface area contributed by atoms with Crippen LogP contribution in [0.15, 0.2) is 29.8 Å². The Kier molecular flexibility index (Phi) is 4.61. The van der Waals surface area contributed by atoms with Crippen LogP contribution < -0.4 is 5.32 Å². The fourth-order valence-electron chi connectivity index (χ4n) is 3.04. The number of benzene rings is 1. The first-order valence-electron chi connectivity index (χ1n) is 7.73. The highest BCUT2D eigenvalue weighted by atomic mass is 32.1. The number of hydrogen-bond donors (Lipinski definition) is 1. The average molecular weight is 333 g/mol. The molecule has 122 valence electrons. The van der Waals surface area contributed by atoms with Crippen molar-refractivity contribution in [2.45, 2.75) is 32.4 Å². The van der Waals surface area contributed by atoms with Gasteiger partial charge < -0.3 is 10.2 Å². The van der Waals surface area contributed by atoms with Gasteiger partial charge in [0, 0.05) is 18.6 Å². The summed E-state index contributed by atoms with van der Waals surface area (Å²) in [6, 6.07) is 4.81. The highest BCUT2D eigenvalue weighted by Gasteiger charge is 2.30. The molecule has 0 spiro atoms. The first-order valence-corrected chi connectivity index (χ1v) is 8.61. The van der Waals surface area contributed by atoms with Gasteiger partial charge in [-0.05, 0) is 36.0 Å². The van der Waals surface area contributed by atoms with Gasteiger partial charge in [0.2, 0.25) is 0 Å². The summed E-state index contributed by atoms with van der Waals surface area (Å²) in [6.07, 6.45) is 3.33. The minimum atomic E-state index is -0.176. The molecule has 6 heteroatoms. The van der Waals surface area contributed by atoms with Crippen molar-refractivity contribution in [2.75, 3.05) is 7.05 Å². The Morgan fingerprint density at radius 3 is 3.09 bits per heavy atom. The molecule has 1 aromatic heterocycles. The number of carbonyl (C=O) groups is 1. The molecule has 1 heterocycles. The number of rotatable bonds is 3. The molecule has 4 nitrogen and oxygen atoms in total. The predicted molar refractivity (Wildman–Crippen MR) is 88.7 cm³/mol. The number of aromatic nitrogens is 1. The summed E-state index contributed by atoms with van der Waals surface area (Å²) in [5.74, 6) is 0.103. The van der Waals surface area contributed by atoms with E-state index in [-0.39, 0.29) is 23.8 Å². The van der Waals surface area contributed by atoms with Crippen molar-refractivity contribution in [1.29, 1.82) is 0 Å². The summed E-state index contributed by atoms with van der Waals surface area (Å²) < 4.78 is 14.0. The maximum Gasteiger partial charge on any atom is 0.318 e. The Morgan fingerprint density at radius 1 is 1.52 bits per heavy atom. The Balaban J connectivity index is 1.74. The number of halogens is 1. The summed E-state index contributed by atoms with van der Waals surface area (Å²) in [7, 11) is 1.75. The number of fused-ring (bicyclic) bond motifs is 1. The minimum Gasteiger partial charge on any atom is -0.331 e. The highest BCUT2D eigenvalue weighted by Crippen LogP contribution is 2.35. The third-order valence-electron chi connectivity index (χ3n) is 4.39. The SMILES string of the molecule is CC1CCc2c(F)cccc2C1NC(=O)N(C)Cc1nccs1. The van der Waals surface area contributed by atoms with Gasteiger partial charge in [-0.3, -0.25) is 0 Å². The summed E-state index contributed by atoms with van der Waals surface area (Å²) in [5.41, 5.74) is 1.64. The van der Waals surface area contributed by atoms with Crippen molar-refractivity contribution in [3.8, 4) is 0 Å². The lowest BCUT2D eigenvalue weighted by Gasteiger charge is -2.33. The van der Waals surface area contributed by atoms with Crippen molar-refractivity contribution < 1.29 is 9.18 Å². The van der Waals surface area contributed by atoms with Gasteiger partial charge in [0.25, 0.3) is 0 Å². The fourth-order valence-corrected chi connectivity index (χ4v) is 3.71. The zero-order chi connectivity index (χ0) is 16.4. The average Bonchev–Trinajstić information content (AvgIpc) is 3.03. The Hall–Kier alpha value is -1.95. The molecule has 2 unspecified atom stereocenters. The summed E-state index contributed by atoms with van der Waals surface area (Å²) in [6.45, 7) is 2.57. The molecule has 0 aliphatic heterocycles. The number of nitrogens with zero attached hydrogens (tertiary/aromatic N) is 2. The number of amides is 2. The van der Waals surface area contributed by atoms with Crippen molar-refractivity contribution >= 4 is 17.4 Å². The molecule has 2 amide bonds. The van der Waals surface area contributed by atoms with Crippen LogP contribution in [0.4, 0.5) is 9.18 Å². The molecule has 23 heavy (non-hydrogen) atoms. The lowest BCUT2D eigenvalue weighted by Crippen LogP contribution is -2.42. The zero-order valence-electron chi connectivity index (χ0n) is 13.3. The monoisotopic (exact) mass is 333 g/mol. The van der Waals surface area contributed by atoms with E-state index in [1.165, 1.54) is 17.4 Å². The maximum atomic E-state index is 14.0. The Bertz CT molecular complexity index is 689. The van der Waals surface area contributed by atoms with E-state index in [1.807, 2.05) is 11.4 Å². The van der Waals surface area contributed by atoms with Crippen molar-refractivity contribution in [2.24, 2.45) is 5.92 Å². The van der Waals surface area contributed by atoms with E-state index in [0.29, 0.717) is 6.54 Å². The molecule has 1 N–H and O–H groups in total. The quantitative estimate of drug-likeness (QED) is 0.930. The van der Waals surface area contributed by atoms with Crippen LogP contribution >= 0.6 is 11.3 Å². The van der Waals surface area contributed by atoms with E-state index >= 15 is 0 Å². The van der Waals surface area contributed by atoms with Crippen LogP contribution in [0.1, 0.15) is 35.5 Å². The molecule has 1 aliphatic rings. The second-order valence-electron chi connectivity index (χ2n) is 6.03. The lowest BCUT2D eigenvalue weighted by atomic mass is 9.80. The van der Waals surface area contributed by atoms with Crippen molar-refractivity contribution in [3.05, 3.63) is 51.7 Å². The van der Waals surface area contributed by atoms with Crippen molar-refractivity contribution in [3.63, 3.8) is 0 Å². The number of nitrogens with one attached hydrogen (secondary N) is 1. The minimum absolute atomic E-state index is 0.152. The van der Waals surface area contributed by atoms with Gasteiger partial charge in [0.05, 0.1) is 12.6 Å². The molecule has 1 aliphatic carbocycles. The van der Waals surface area contributed by atoms with Crippen molar-refractivity contribution in [1.82, 2.24) is 15.2 Å². The predicted octanol–water partition coefficient (Wildman–Crippen LogP) is 3.75. The third kappa shape index (κ3) is 3.37. The van der Waals surface area contributed by atoms with Gasteiger partial charge in [-0.25, -0.2) is 14.2 Å². The van der Waals surface area contributed by atoms with Gasteiger partial charge in [0.15, 0.2) is 0 Å². The van der Waals surface area contributed by atoms with E-state index in [1.54, 1.807) is 24.2 Å². The van der Waals surface area contributed by atoms with E-state index in [0.717, 1.165) is 29.0 Å². The van der Waals surface area contributed by atoms with Gasteiger partial charge in [-0.2, -0.15) is 0 Å². The number of urea groups is 1. The molecule has 0 radical (unpaired) electrons. The second kappa shape index (κ2) is 6.66. The van der Waals surface area contributed by atoms with E-state index in [9.17, 15) is 9.18 Å². The van der Waals surface area contributed by atoms with E-state index in [2.05, 4.69) is 17.2 Å². The van der Waals surface area contributed by atoms with Crippen LogP contribution in [0.3, 0.4) is 0 Å². The Labute approximate surface area is 139 Å². The second-order valence-corrected chi connectivity index (χ2v) is 7.01. The van der Waals surface area contributed by atoms with Crippen LogP contribution in [0, 0.1) is 11.7 Å². The maximum absolute atomic E-state index is 14.0. The molecule has 0 fully saturated rings. The first-order chi connectivity index (χ1) is 11.1. The van der Waals surface area contributed by atoms with Gasteiger partial charge in [-0.15, -0.1) is 11.3 Å². The number of thiazole rings is 1. The normalized spacial score (nSPS) is 20.0. The van der Waals surface area contributed by atoms with E-state index in [4.69, 9.17) is 0 Å². The fraction of sp³-hybridized carbons (Fsp3) is 0.412. The lowest BCUT2D eigenvalue weighted by molar-refractivity contribution is 0.195. The first kappa shape index (κ1) is 15.9. The number of carbonyl (C=O) groups excluding carboxylic acids is 1. The largest absolute Gasteiger partial charge is 0.331 e. The van der Waals surface area contributed by atoms with E-state index < -0.39 is 0 Å². The van der Waals surface area contributed by atoms with Gasteiger partial charge in [0.1, 0.15) is 10.8 Å². The molecule has 1 aromatic carbocycles. The molecular weight excluding hydrogens is 313 g/mol. The topological polar surface area (TPSA) is 45.2 Å². The number of hydrogen-bond acceptors (Lipinski definition) is 3. The highest BCUT2D eigenvalue weighted by molar-refractivity contribution is 7.09. The van der Waals surface area contributed by atoms with Crippen LogP contribution in [-0.4, -0.2) is 23.0 Å². The van der Waals surface area contributed by atoms with Crippen LogP contribution in [0.2, 0.25) is 0 Å². The van der Waals surface area contributed by atoms with Gasteiger partial charge >= 0.3 is 6.03 Å². The zero-order valence-corrected chi connectivity index (χ0v) is 14.1. The van der Waals surface area contributed by atoms with Crippen LogP contribution in [0.5, 0.6) is 0 Å². The summed E-state index contributed by atoms with van der Waals surface area (Å²) in [5, 5.41) is 5.85. The van der Waals surface area contributed by atoms with Crippen LogP contribution in [-0.2, 0) is 13.0 Å². The third-order valence-corrected chi connectivity index (χ3v) is 5.15. The summed E-state index contributed by atoms with van der Waals surface area (Å²) in [4.78, 5) is 18.3. The molecule has 2 atom stereocenters. The molecular formula is C17H20FN3OS. The Morgan fingerprint density at radius 2 is 2.35 bits per heavy atom. The molecule has 0 saturated carbocycles. The molecule has 0 bridgehead atoms. The van der Waals surface area contributed by atoms with Gasteiger partial charge in [-0.1, -0.05) is 19.1 Å².